The number of hydrogen-bond acceptors (Lipinski definition) is 4. The zero-order valence-corrected chi connectivity index (χ0v) is 16.4. The van der Waals surface area contributed by atoms with Crippen LogP contribution in [-0.4, -0.2) is 24.3 Å². The fourth-order valence-corrected chi connectivity index (χ4v) is 4.21. The summed E-state index contributed by atoms with van der Waals surface area (Å²) >= 11 is 1.59. The number of rotatable bonds is 6. The maximum Gasteiger partial charge on any atom is 0.225 e. The Morgan fingerprint density at radius 2 is 2.00 bits per heavy atom. The van der Waals surface area contributed by atoms with Crippen LogP contribution < -0.4 is 10.1 Å². The zero-order chi connectivity index (χ0) is 19.5. The van der Waals surface area contributed by atoms with Crippen LogP contribution in [-0.2, 0) is 17.6 Å². The molecule has 0 saturated carbocycles. The fraction of sp³-hybridized carbons (Fsp3) is 0.217. The van der Waals surface area contributed by atoms with E-state index in [4.69, 9.17) is 4.74 Å². The highest BCUT2D eigenvalue weighted by Crippen LogP contribution is 2.34. The molecule has 1 aromatic heterocycles. The van der Waals surface area contributed by atoms with Crippen molar-refractivity contribution in [1.29, 1.82) is 0 Å². The van der Waals surface area contributed by atoms with Gasteiger partial charge in [-0.3, -0.25) is 9.59 Å². The Morgan fingerprint density at radius 1 is 1.14 bits per heavy atom. The second-order valence-electron chi connectivity index (χ2n) is 6.93. The van der Waals surface area contributed by atoms with E-state index in [1.54, 1.807) is 18.3 Å². The molecule has 5 heteroatoms. The van der Waals surface area contributed by atoms with Crippen molar-refractivity contribution < 1.29 is 14.3 Å². The molecule has 0 aliphatic carbocycles. The Labute approximate surface area is 168 Å². The van der Waals surface area contributed by atoms with Gasteiger partial charge in [-0.05, 0) is 47.2 Å². The van der Waals surface area contributed by atoms with Crippen molar-refractivity contribution in [2.75, 3.05) is 6.54 Å². The molecule has 0 saturated heterocycles. The standard InChI is InChI=1S/C23H21NO3S/c1-15(25)20-6-2-3-7-21(20)16-8-9-22-17(11-16)12-18(27-22)14-24-23(26)13-19-5-4-10-28-19/h2-11,18H,12-14H2,1H3,(H,24,26). The number of Topliss-reactive ketones (excluding diaryl/α,β-unsaturated/α-hetero) is 1. The lowest BCUT2D eigenvalue weighted by molar-refractivity contribution is -0.120. The number of fused-ring (bicyclic) bond motifs is 1. The van der Waals surface area contributed by atoms with Gasteiger partial charge in [0.05, 0.1) is 13.0 Å². The average molecular weight is 391 g/mol. The van der Waals surface area contributed by atoms with Gasteiger partial charge in [0.1, 0.15) is 11.9 Å². The van der Waals surface area contributed by atoms with Gasteiger partial charge < -0.3 is 10.1 Å². The van der Waals surface area contributed by atoms with Crippen LogP contribution in [0.25, 0.3) is 11.1 Å². The summed E-state index contributed by atoms with van der Waals surface area (Å²) in [6.45, 7) is 2.07. The molecule has 1 atom stereocenters. The zero-order valence-electron chi connectivity index (χ0n) is 15.6. The molecule has 3 aromatic rings. The minimum Gasteiger partial charge on any atom is -0.488 e. The van der Waals surface area contributed by atoms with Gasteiger partial charge in [-0.1, -0.05) is 36.4 Å². The SMILES string of the molecule is CC(=O)c1ccccc1-c1ccc2c(c1)CC(CNC(=O)Cc1cccs1)O2. The van der Waals surface area contributed by atoms with E-state index < -0.39 is 0 Å². The maximum atomic E-state index is 12.1. The van der Waals surface area contributed by atoms with Crippen molar-refractivity contribution in [2.45, 2.75) is 25.9 Å². The Morgan fingerprint density at radius 3 is 2.79 bits per heavy atom. The molecule has 142 valence electrons. The predicted molar refractivity (Wildman–Crippen MR) is 111 cm³/mol. The molecule has 4 nitrogen and oxygen atoms in total. The lowest BCUT2D eigenvalue weighted by Gasteiger charge is -2.11. The molecular weight excluding hydrogens is 370 g/mol. The van der Waals surface area contributed by atoms with E-state index in [2.05, 4.69) is 11.4 Å². The van der Waals surface area contributed by atoms with E-state index in [-0.39, 0.29) is 17.8 Å². The number of benzene rings is 2. The van der Waals surface area contributed by atoms with Gasteiger partial charge >= 0.3 is 0 Å². The molecule has 2 aromatic carbocycles. The third-order valence-corrected chi connectivity index (χ3v) is 5.74. The molecule has 2 heterocycles. The van der Waals surface area contributed by atoms with E-state index in [0.29, 0.717) is 13.0 Å². The van der Waals surface area contributed by atoms with Crippen molar-refractivity contribution >= 4 is 23.0 Å². The number of amides is 1. The first-order chi connectivity index (χ1) is 13.6. The molecule has 1 aliphatic rings. The van der Waals surface area contributed by atoms with Gasteiger partial charge in [0.15, 0.2) is 5.78 Å². The molecule has 0 spiro atoms. The molecule has 1 N–H and O–H groups in total. The summed E-state index contributed by atoms with van der Waals surface area (Å²) in [5, 5.41) is 4.94. The Hall–Kier alpha value is -2.92. The number of carbonyl (C=O) groups is 2. The van der Waals surface area contributed by atoms with E-state index >= 15 is 0 Å². The summed E-state index contributed by atoms with van der Waals surface area (Å²) in [7, 11) is 0. The van der Waals surface area contributed by atoms with E-state index in [0.717, 1.165) is 39.3 Å². The summed E-state index contributed by atoms with van der Waals surface area (Å²) in [4.78, 5) is 25.1. The molecule has 4 rings (SSSR count). The predicted octanol–water partition coefficient (Wildman–Crippen LogP) is 4.28. The van der Waals surface area contributed by atoms with Gasteiger partial charge in [-0.25, -0.2) is 0 Å². The van der Waals surface area contributed by atoms with Crippen molar-refractivity contribution in [3.63, 3.8) is 0 Å². The van der Waals surface area contributed by atoms with Crippen LogP contribution in [0.1, 0.15) is 27.7 Å². The van der Waals surface area contributed by atoms with Crippen LogP contribution in [0.2, 0.25) is 0 Å². The molecule has 1 amide bonds. The quantitative estimate of drug-likeness (QED) is 0.638. The summed E-state index contributed by atoms with van der Waals surface area (Å²) in [5.41, 5.74) is 3.77. The van der Waals surface area contributed by atoms with Gasteiger partial charge in [0.25, 0.3) is 0 Å². The molecular formula is C23H21NO3S. The lowest BCUT2D eigenvalue weighted by atomic mass is 9.95. The highest BCUT2D eigenvalue weighted by molar-refractivity contribution is 7.10. The first kappa shape index (κ1) is 18.4. The molecule has 28 heavy (non-hydrogen) atoms. The van der Waals surface area contributed by atoms with Crippen LogP contribution in [0.5, 0.6) is 5.75 Å². The second-order valence-corrected chi connectivity index (χ2v) is 7.96. The highest BCUT2D eigenvalue weighted by atomic mass is 32.1. The first-order valence-electron chi connectivity index (χ1n) is 9.29. The monoisotopic (exact) mass is 391 g/mol. The number of carbonyl (C=O) groups excluding carboxylic acids is 2. The maximum absolute atomic E-state index is 12.1. The molecule has 0 radical (unpaired) electrons. The summed E-state index contributed by atoms with van der Waals surface area (Å²) < 4.78 is 5.98. The number of ether oxygens (including phenoxy) is 1. The summed E-state index contributed by atoms with van der Waals surface area (Å²) in [6, 6.07) is 17.6. The second kappa shape index (κ2) is 7.98. The largest absolute Gasteiger partial charge is 0.488 e. The number of thiophene rings is 1. The molecule has 1 aliphatic heterocycles. The Balaban J connectivity index is 1.42. The van der Waals surface area contributed by atoms with Crippen molar-refractivity contribution in [1.82, 2.24) is 5.32 Å². The van der Waals surface area contributed by atoms with E-state index in [1.807, 2.05) is 53.9 Å². The third-order valence-electron chi connectivity index (χ3n) is 4.86. The van der Waals surface area contributed by atoms with Crippen LogP contribution in [0.4, 0.5) is 0 Å². The average Bonchev–Trinajstić information content (AvgIpc) is 3.35. The van der Waals surface area contributed by atoms with Gasteiger partial charge in [-0.2, -0.15) is 0 Å². The molecule has 0 bridgehead atoms. The topological polar surface area (TPSA) is 55.4 Å². The van der Waals surface area contributed by atoms with Crippen LogP contribution in [0.15, 0.2) is 60.0 Å². The van der Waals surface area contributed by atoms with Gasteiger partial charge in [-0.15, -0.1) is 11.3 Å². The summed E-state index contributed by atoms with van der Waals surface area (Å²) in [6.07, 6.45) is 1.08. The van der Waals surface area contributed by atoms with Crippen LogP contribution in [0, 0.1) is 0 Å². The number of ketones is 1. The smallest absolute Gasteiger partial charge is 0.225 e. The lowest BCUT2D eigenvalue weighted by Crippen LogP contribution is -2.35. The molecule has 0 fully saturated rings. The van der Waals surface area contributed by atoms with E-state index in [1.165, 1.54) is 0 Å². The van der Waals surface area contributed by atoms with Crippen molar-refractivity contribution in [3.05, 3.63) is 76.0 Å². The van der Waals surface area contributed by atoms with Gasteiger partial charge in [0.2, 0.25) is 5.91 Å². The Kier molecular flexibility index (Phi) is 5.26. The van der Waals surface area contributed by atoms with E-state index in [9.17, 15) is 9.59 Å². The third kappa shape index (κ3) is 3.99. The Bertz CT molecular complexity index is 1010. The van der Waals surface area contributed by atoms with Crippen molar-refractivity contribution in [3.8, 4) is 16.9 Å². The fourth-order valence-electron chi connectivity index (χ4n) is 3.51. The minimum atomic E-state index is -0.0689. The normalized spacial score (nSPS) is 15.0. The van der Waals surface area contributed by atoms with Crippen LogP contribution >= 0.6 is 11.3 Å². The first-order valence-corrected chi connectivity index (χ1v) is 10.2. The molecule has 1 unspecified atom stereocenters. The van der Waals surface area contributed by atoms with Crippen molar-refractivity contribution in [2.24, 2.45) is 0 Å². The van der Waals surface area contributed by atoms with Gasteiger partial charge in [0, 0.05) is 16.9 Å². The number of nitrogens with one attached hydrogen (secondary N) is 1. The highest BCUT2D eigenvalue weighted by Gasteiger charge is 2.24. The van der Waals surface area contributed by atoms with Crippen LogP contribution in [0.3, 0.4) is 0 Å². The number of hydrogen-bond donors (Lipinski definition) is 1. The minimum absolute atomic E-state index is 0.0121. The summed E-state index contributed by atoms with van der Waals surface area (Å²) in [5.74, 6) is 0.915.